The van der Waals surface area contributed by atoms with E-state index < -0.39 is 0 Å². The van der Waals surface area contributed by atoms with Crippen LogP contribution in [0.4, 0.5) is 0 Å². The summed E-state index contributed by atoms with van der Waals surface area (Å²) in [4.78, 5) is 6.48. The average Bonchev–Trinajstić information content (AvgIpc) is 2.79. The zero-order valence-electron chi connectivity index (χ0n) is 12.5. The van der Waals surface area contributed by atoms with E-state index in [1.54, 1.807) is 12.4 Å². The highest BCUT2D eigenvalue weighted by molar-refractivity contribution is 6.31. The number of hydrogen-bond acceptors (Lipinski definition) is 5. The molecule has 0 aliphatic heterocycles. The normalized spacial score (nSPS) is 12.9. The standard InChI is InChI=1S/C14H21ClN6/c1-10-4-5-17-12(8-10)13(19-16)14-11(15)9-18-21(14)7-6-20(2)3/h4-5,8-9,13,19H,6-7,16H2,1-3H3. The van der Waals surface area contributed by atoms with Crippen molar-refractivity contribution in [1.82, 2.24) is 25.1 Å². The van der Waals surface area contributed by atoms with Gasteiger partial charge >= 0.3 is 0 Å². The molecule has 7 heteroatoms. The first kappa shape index (κ1) is 15.9. The van der Waals surface area contributed by atoms with Crippen LogP contribution in [-0.2, 0) is 6.54 Å². The summed E-state index contributed by atoms with van der Waals surface area (Å²) < 4.78 is 1.87. The quantitative estimate of drug-likeness (QED) is 0.623. The summed E-state index contributed by atoms with van der Waals surface area (Å²) in [6.07, 6.45) is 3.41. The second-order valence-corrected chi connectivity index (χ2v) is 5.67. The van der Waals surface area contributed by atoms with Crippen LogP contribution >= 0.6 is 11.6 Å². The van der Waals surface area contributed by atoms with Crippen LogP contribution in [0.15, 0.2) is 24.5 Å². The van der Waals surface area contributed by atoms with Gasteiger partial charge < -0.3 is 4.90 Å². The van der Waals surface area contributed by atoms with Gasteiger partial charge in [0.05, 0.1) is 29.2 Å². The highest BCUT2D eigenvalue weighted by atomic mass is 35.5. The zero-order chi connectivity index (χ0) is 15.4. The van der Waals surface area contributed by atoms with Crippen molar-refractivity contribution in [3.63, 3.8) is 0 Å². The molecular formula is C14H21ClN6. The van der Waals surface area contributed by atoms with E-state index in [1.165, 1.54) is 0 Å². The van der Waals surface area contributed by atoms with Gasteiger partial charge in [0.15, 0.2) is 0 Å². The van der Waals surface area contributed by atoms with Gasteiger partial charge in [-0.15, -0.1) is 0 Å². The number of aryl methyl sites for hydroxylation is 1. The number of halogens is 1. The zero-order valence-corrected chi connectivity index (χ0v) is 13.3. The minimum absolute atomic E-state index is 0.290. The summed E-state index contributed by atoms with van der Waals surface area (Å²) in [6, 6.07) is 3.65. The van der Waals surface area contributed by atoms with Gasteiger partial charge in [0.1, 0.15) is 6.04 Å². The third kappa shape index (κ3) is 3.79. The van der Waals surface area contributed by atoms with Crippen molar-refractivity contribution in [2.75, 3.05) is 20.6 Å². The van der Waals surface area contributed by atoms with Crippen LogP contribution in [0.5, 0.6) is 0 Å². The smallest absolute Gasteiger partial charge is 0.106 e. The lowest BCUT2D eigenvalue weighted by molar-refractivity contribution is 0.365. The molecule has 3 N–H and O–H groups in total. The molecule has 0 saturated heterocycles. The largest absolute Gasteiger partial charge is 0.308 e. The Morgan fingerprint density at radius 3 is 2.86 bits per heavy atom. The number of aromatic nitrogens is 3. The topological polar surface area (TPSA) is 72.0 Å². The van der Waals surface area contributed by atoms with Gasteiger partial charge in [-0.3, -0.25) is 15.5 Å². The molecule has 2 aromatic rings. The van der Waals surface area contributed by atoms with E-state index in [-0.39, 0.29) is 6.04 Å². The van der Waals surface area contributed by atoms with E-state index >= 15 is 0 Å². The first-order valence-electron chi connectivity index (χ1n) is 6.77. The van der Waals surface area contributed by atoms with Gasteiger partial charge in [-0.25, -0.2) is 5.43 Å². The third-order valence-corrected chi connectivity index (χ3v) is 3.56. The SMILES string of the molecule is Cc1ccnc(C(NN)c2c(Cl)cnn2CCN(C)C)c1. The van der Waals surface area contributed by atoms with E-state index in [0.717, 1.165) is 30.0 Å². The maximum Gasteiger partial charge on any atom is 0.106 e. The molecular weight excluding hydrogens is 288 g/mol. The maximum atomic E-state index is 6.30. The summed E-state index contributed by atoms with van der Waals surface area (Å²) in [5.41, 5.74) is 5.57. The number of likely N-dealkylation sites (N-methyl/N-ethyl adjacent to an activating group) is 1. The van der Waals surface area contributed by atoms with Gasteiger partial charge in [0, 0.05) is 12.7 Å². The van der Waals surface area contributed by atoms with Crippen molar-refractivity contribution >= 4 is 11.6 Å². The number of hydrogen-bond donors (Lipinski definition) is 2. The molecule has 1 unspecified atom stereocenters. The van der Waals surface area contributed by atoms with Gasteiger partial charge in [0.2, 0.25) is 0 Å². The lowest BCUT2D eigenvalue weighted by atomic mass is 10.1. The Bertz CT molecular complexity index is 595. The highest BCUT2D eigenvalue weighted by Gasteiger charge is 2.22. The highest BCUT2D eigenvalue weighted by Crippen LogP contribution is 2.27. The number of rotatable bonds is 6. The lowest BCUT2D eigenvalue weighted by Gasteiger charge is -2.19. The molecule has 0 fully saturated rings. The first-order chi connectivity index (χ1) is 10.0. The Kier molecular flexibility index (Phi) is 5.30. The van der Waals surface area contributed by atoms with Crippen LogP contribution in [0, 0.1) is 6.92 Å². The summed E-state index contributed by atoms with van der Waals surface area (Å²) >= 11 is 6.30. The number of hydrazine groups is 1. The van der Waals surface area contributed by atoms with Crippen LogP contribution in [0.25, 0.3) is 0 Å². The Labute approximate surface area is 129 Å². The molecule has 114 valence electrons. The summed E-state index contributed by atoms with van der Waals surface area (Å²) in [6.45, 7) is 3.62. The minimum Gasteiger partial charge on any atom is -0.308 e. The molecule has 0 bridgehead atoms. The van der Waals surface area contributed by atoms with Crippen molar-refractivity contribution in [3.05, 3.63) is 46.5 Å². The predicted molar refractivity (Wildman–Crippen MR) is 83.9 cm³/mol. The predicted octanol–water partition coefficient (Wildman–Crippen LogP) is 1.35. The molecule has 0 aliphatic carbocycles. The van der Waals surface area contributed by atoms with E-state index in [0.29, 0.717) is 5.02 Å². The summed E-state index contributed by atoms with van der Waals surface area (Å²) in [7, 11) is 4.04. The first-order valence-corrected chi connectivity index (χ1v) is 7.15. The third-order valence-electron chi connectivity index (χ3n) is 3.26. The molecule has 0 aliphatic rings. The molecule has 2 heterocycles. The van der Waals surface area contributed by atoms with Gasteiger partial charge in [-0.2, -0.15) is 5.10 Å². The Hall–Kier alpha value is -1.47. The number of nitrogens with zero attached hydrogens (tertiary/aromatic N) is 4. The molecule has 21 heavy (non-hydrogen) atoms. The molecule has 2 aromatic heterocycles. The number of pyridine rings is 1. The second kappa shape index (κ2) is 7.00. The van der Waals surface area contributed by atoms with Crippen LogP contribution in [-0.4, -0.2) is 40.3 Å². The van der Waals surface area contributed by atoms with E-state index in [9.17, 15) is 0 Å². The Morgan fingerprint density at radius 1 is 1.48 bits per heavy atom. The molecule has 0 amide bonds. The summed E-state index contributed by atoms with van der Waals surface area (Å²) in [5, 5.41) is 4.92. The molecule has 0 aromatic carbocycles. The minimum atomic E-state index is -0.290. The van der Waals surface area contributed by atoms with Crippen LogP contribution < -0.4 is 11.3 Å². The maximum absolute atomic E-state index is 6.30. The molecule has 0 spiro atoms. The molecule has 0 radical (unpaired) electrons. The van der Waals surface area contributed by atoms with Crippen molar-refractivity contribution in [1.29, 1.82) is 0 Å². The molecule has 0 saturated carbocycles. The number of nitrogens with one attached hydrogen (secondary N) is 1. The summed E-state index contributed by atoms with van der Waals surface area (Å²) in [5.74, 6) is 5.74. The molecule has 1 atom stereocenters. The van der Waals surface area contributed by atoms with Crippen LogP contribution in [0.3, 0.4) is 0 Å². The Morgan fingerprint density at radius 2 is 2.24 bits per heavy atom. The van der Waals surface area contributed by atoms with Crippen molar-refractivity contribution in [2.45, 2.75) is 19.5 Å². The van der Waals surface area contributed by atoms with E-state index in [4.69, 9.17) is 17.4 Å². The van der Waals surface area contributed by atoms with Crippen molar-refractivity contribution in [2.24, 2.45) is 5.84 Å². The molecule has 2 rings (SSSR count). The fraction of sp³-hybridized carbons (Fsp3) is 0.429. The number of nitrogens with two attached hydrogens (primary N) is 1. The lowest BCUT2D eigenvalue weighted by Crippen LogP contribution is -2.32. The fourth-order valence-electron chi connectivity index (χ4n) is 2.15. The van der Waals surface area contributed by atoms with Gasteiger partial charge in [0.25, 0.3) is 0 Å². The monoisotopic (exact) mass is 308 g/mol. The van der Waals surface area contributed by atoms with E-state index in [1.807, 2.05) is 37.8 Å². The average molecular weight is 309 g/mol. The second-order valence-electron chi connectivity index (χ2n) is 5.26. The van der Waals surface area contributed by atoms with Gasteiger partial charge in [-0.05, 0) is 38.7 Å². The van der Waals surface area contributed by atoms with Gasteiger partial charge in [-0.1, -0.05) is 11.6 Å². The Balaban J connectivity index is 2.35. The van der Waals surface area contributed by atoms with E-state index in [2.05, 4.69) is 20.4 Å². The van der Waals surface area contributed by atoms with Crippen molar-refractivity contribution in [3.8, 4) is 0 Å². The van der Waals surface area contributed by atoms with Crippen molar-refractivity contribution < 1.29 is 0 Å². The van der Waals surface area contributed by atoms with Crippen LogP contribution in [0.1, 0.15) is 23.0 Å². The molecule has 6 nitrogen and oxygen atoms in total. The van der Waals surface area contributed by atoms with Crippen LogP contribution in [0.2, 0.25) is 5.02 Å². The fourth-order valence-corrected chi connectivity index (χ4v) is 2.40.